The first kappa shape index (κ1) is 11.4. The third-order valence-electron chi connectivity index (χ3n) is 2.13. The van der Waals surface area contributed by atoms with Crippen molar-refractivity contribution in [2.24, 2.45) is 0 Å². The zero-order valence-corrected chi connectivity index (χ0v) is 8.60. The van der Waals surface area contributed by atoms with E-state index in [1.54, 1.807) is 12.4 Å². The molecule has 0 bridgehead atoms. The molecule has 2 N–H and O–H groups in total. The van der Waals surface area contributed by atoms with E-state index < -0.39 is 5.97 Å². The van der Waals surface area contributed by atoms with Gasteiger partial charge >= 0.3 is 5.97 Å². The molecule has 1 rings (SSSR count). The second kappa shape index (κ2) is 5.26. The number of aliphatic carboxylic acids is 1. The molecule has 0 fully saturated rings. The lowest BCUT2D eigenvalue weighted by atomic mass is 10.1. The number of rotatable bonds is 5. The van der Waals surface area contributed by atoms with Crippen LogP contribution in [0.1, 0.15) is 18.5 Å². The standard InChI is InChI=1S/C11H14N2O2/c1-8(11(14)15)7-13-9(2)10-3-5-12-6-4-10/h3-6,9,13H,1,7H2,2H3,(H,14,15)/t9-/m1/s1. The minimum Gasteiger partial charge on any atom is -0.478 e. The van der Waals surface area contributed by atoms with E-state index in [1.807, 2.05) is 19.1 Å². The molecule has 4 heteroatoms. The number of carbonyl (C=O) groups is 1. The monoisotopic (exact) mass is 206 g/mol. The topological polar surface area (TPSA) is 62.2 Å². The predicted octanol–water partition coefficient (Wildman–Crippen LogP) is 1.37. The van der Waals surface area contributed by atoms with E-state index in [-0.39, 0.29) is 18.2 Å². The smallest absolute Gasteiger partial charge is 0.332 e. The van der Waals surface area contributed by atoms with Gasteiger partial charge in [0, 0.05) is 30.6 Å². The van der Waals surface area contributed by atoms with Crippen LogP contribution in [0.3, 0.4) is 0 Å². The van der Waals surface area contributed by atoms with E-state index in [0.29, 0.717) is 0 Å². The quantitative estimate of drug-likeness (QED) is 0.714. The van der Waals surface area contributed by atoms with Crippen molar-refractivity contribution >= 4 is 5.97 Å². The van der Waals surface area contributed by atoms with Gasteiger partial charge in [-0.05, 0) is 24.6 Å². The summed E-state index contributed by atoms with van der Waals surface area (Å²) in [5.41, 5.74) is 1.24. The molecule has 0 aliphatic carbocycles. The average molecular weight is 206 g/mol. The number of carboxylic acid groups (broad SMARTS) is 1. The van der Waals surface area contributed by atoms with Crippen molar-refractivity contribution in [3.63, 3.8) is 0 Å². The van der Waals surface area contributed by atoms with Crippen molar-refractivity contribution in [1.82, 2.24) is 10.3 Å². The maximum absolute atomic E-state index is 10.5. The molecule has 0 unspecified atom stereocenters. The number of nitrogens with zero attached hydrogens (tertiary/aromatic N) is 1. The van der Waals surface area contributed by atoms with E-state index in [2.05, 4.69) is 16.9 Å². The molecule has 0 aliphatic rings. The average Bonchev–Trinajstić information content (AvgIpc) is 2.26. The molecule has 0 saturated heterocycles. The second-order valence-electron chi connectivity index (χ2n) is 3.29. The summed E-state index contributed by atoms with van der Waals surface area (Å²) in [6.45, 7) is 5.68. The Morgan fingerprint density at radius 3 is 2.73 bits per heavy atom. The van der Waals surface area contributed by atoms with Gasteiger partial charge in [0.1, 0.15) is 0 Å². The lowest BCUT2D eigenvalue weighted by Crippen LogP contribution is -2.23. The Morgan fingerprint density at radius 1 is 1.60 bits per heavy atom. The third-order valence-corrected chi connectivity index (χ3v) is 2.13. The minimum absolute atomic E-state index is 0.0871. The van der Waals surface area contributed by atoms with Crippen molar-refractivity contribution in [2.75, 3.05) is 6.54 Å². The molecule has 0 aliphatic heterocycles. The zero-order valence-electron chi connectivity index (χ0n) is 8.60. The summed E-state index contributed by atoms with van der Waals surface area (Å²) in [6, 6.07) is 3.87. The van der Waals surface area contributed by atoms with Gasteiger partial charge in [-0.3, -0.25) is 4.98 Å². The number of pyridine rings is 1. The van der Waals surface area contributed by atoms with E-state index in [9.17, 15) is 4.79 Å². The largest absolute Gasteiger partial charge is 0.478 e. The molecule has 0 radical (unpaired) electrons. The number of aromatic nitrogens is 1. The van der Waals surface area contributed by atoms with E-state index in [0.717, 1.165) is 5.56 Å². The van der Waals surface area contributed by atoms with Crippen molar-refractivity contribution in [2.45, 2.75) is 13.0 Å². The molecular weight excluding hydrogens is 192 g/mol. The molecule has 1 aromatic rings. The second-order valence-corrected chi connectivity index (χ2v) is 3.29. The zero-order chi connectivity index (χ0) is 11.3. The van der Waals surface area contributed by atoms with Gasteiger partial charge in [0.15, 0.2) is 0 Å². The van der Waals surface area contributed by atoms with Crippen LogP contribution >= 0.6 is 0 Å². The highest BCUT2D eigenvalue weighted by Crippen LogP contribution is 2.09. The SMILES string of the molecule is C=C(CN[C@H](C)c1ccncc1)C(=O)O. The highest BCUT2D eigenvalue weighted by Gasteiger charge is 2.07. The Hall–Kier alpha value is -1.68. The van der Waals surface area contributed by atoms with E-state index in [1.165, 1.54) is 0 Å². The fourth-order valence-corrected chi connectivity index (χ4v) is 1.12. The number of carboxylic acids is 1. The predicted molar refractivity (Wildman–Crippen MR) is 57.4 cm³/mol. The van der Waals surface area contributed by atoms with Gasteiger partial charge in [-0.25, -0.2) is 4.79 Å². The van der Waals surface area contributed by atoms with Crippen molar-refractivity contribution in [3.8, 4) is 0 Å². The number of hydrogen-bond donors (Lipinski definition) is 2. The van der Waals surface area contributed by atoms with Crippen LogP contribution in [0.25, 0.3) is 0 Å². The Bertz CT molecular complexity index is 349. The highest BCUT2D eigenvalue weighted by atomic mass is 16.4. The summed E-state index contributed by atoms with van der Waals surface area (Å²) in [5.74, 6) is -0.968. The van der Waals surface area contributed by atoms with Crippen LogP contribution in [0, 0.1) is 0 Å². The van der Waals surface area contributed by atoms with Gasteiger partial charge < -0.3 is 10.4 Å². The Kier molecular flexibility index (Phi) is 4.00. The van der Waals surface area contributed by atoms with Gasteiger partial charge in [-0.1, -0.05) is 6.58 Å². The van der Waals surface area contributed by atoms with Gasteiger partial charge in [0.05, 0.1) is 0 Å². The summed E-state index contributed by atoms with van der Waals surface area (Å²) in [7, 11) is 0. The summed E-state index contributed by atoms with van der Waals surface area (Å²) >= 11 is 0. The van der Waals surface area contributed by atoms with Crippen LogP contribution in [-0.4, -0.2) is 22.6 Å². The van der Waals surface area contributed by atoms with Crippen LogP contribution in [0.4, 0.5) is 0 Å². The molecular formula is C11H14N2O2. The number of hydrogen-bond acceptors (Lipinski definition) is 3. The van der Waals surface area contributed by atoms with Gasteiger partial charge in [-0.15, -0.1) is 0 Å². The Labute approximate surface area is 88.7 Å². The minimum atomic E-state index is -0.968. The van der Waals surface area contributed by atoms with Crippen LogP contribution in [0.15, 0.2) is 36.7 Å². The molecule has 0 spiro atoms. The molecule has 1 atom stereocenters. The third kappa shape index (κ3) is 3.52. The van der Waals surface area contributed by atoms with Crippen LogP contribution < -0.4 is 5.32 Å². The Morgan fingerprint density at radius 2 is 2.20 bits per heavy atom. The summed E-state index contributed by atoms with van der Waals surface area (Å²) in [5, 5.41) is 11.7. The molecule has 15 heavy (non-hydrogen) atoms. The van der Waals surface area contributed by atoms with E-state index >= 15 is 0 Å². The van der Waals surface area contributed by atoms with Gasteiger partial charge in [0.25, 0.3) is 0 Å². The van der Waals surface area contributed by atoms with Gasteiger partial charge in [-0.2, -0.15) is 0 Å². The Balaban J connectivity index is 2.47. The molecule has 1 heterocycles. The first-order valence-electron chi connectivity index (χ1n) is 4.65. The van der Waals surface area contributed by atoms with Crippen molar-refractivity contribution in [3.05, 3.63) is 42.2 Å². The number of nitrogens with one attached hydrogen (secondary N) is 1. The lowest BCUT2D eigenvalue weighted by Gasteiger charge is -2.13. The van der Waals surface area contributed by atoms with Crippen LogP contribution in [-0.2, 0) is 4.79 Å². The highest BCUT2D eigenvalue weighted by molar-refractivity contribution is 5.86. The van der Waals surface area contributed by atoms with Crippen LogP contribution in [0.5, 0.6) is 0 Å². The fraction of sp³-hybridized carbons (Fsp3) is 0.273. The molecule has 80 valence electrons. The first-order valence-corrected chi connectivity index (χ1v) is 4.65. The molecule has 4 nitrogen and oxygen atoms in total. The maximum atomic E-state index is 10.5. The summed E-state index contributed by atoms with van der Waals surface area (Å²) in [4.78, 5) is 14.4. The first-order chi connectivity index (χ1) is 7.11. The summed E-state index contributed by atoms with van der Waals surface area (Å²) < 4.78 is 0. The molecule has 0 saturated carbocycles. The fourth-order valence-electron chi connectivity index (χ4n) is 1.12. The normalized spacial score (nSPS) is 12.1. The maximum Gasteiger partial charge on any atom is 0.332 e. The van der Waals surface area contributed by atoms with Gasteiger partial charge in [0.2, 0.25) is 0 Å². The lowest BCUT2D eigenvalue weighted by molar-refractivity contribution is -0.132. The molecule has 1 aromatic heterocycles. The molecule has 0 amide bonds. The molecule has 0 aromatic carbocycles. The van der Waals surface area contributed by atoms with Crippen LogP contribution in [0.2, 0.25) is 0 Å². The van der Waals surface area contributed by atoms with Crippen molar-refractivity contribution in [1.29, 1.82) is 0 Å². The van der Waals surface area contributed by atoms with Crippen molar-refractivity contribution < 1.29 is 9.90 Å². The summed E-state index contributed by atoms with van der Waals surface area (Å²) in [6.07, 6.45) is 3.42. The van der Waals surface area contributed by atoms with E-state index in [4.69, 9.17) is 5.11 Å².